The third-order valence-electron chi connectivity index (χ3n) is 1.73. The predicted molar refractivity (Wildman–Crippen MR) is 56.3 cm³/mol. The Bertz CT molecular complexity index is 220. The van der Waals surface area contributed by atoms with Gasteiger partial charge in [-0.1, -0.05) is 40.5 Å². The lowest BCUT2D eigenvalue weighted by Crippen LogP contribution is -2.17. The first-order chi connectivity index (χ1) is 5.84. The molecule has 0 aliphatic rings. The minimum atomic E-state index is -0.315. The molecule has 74 valence electrons. The van der Waals surface area contributed by atoms with Gasteiger partial charge < -0.3 is 0 Å². The lowest BCUT2D eigenvalue weighted by molar-refractivity contribution is -0.120. The summed E-state index contributed by atoms with van der Waals surface area (Å²) in [6.07, 6.45) is 1.91. The van der Waals surface area contributed by atoms with Crippen LogP contribution in [0.15, 0.2) is 0 Å². The molecule has 0 rings (SSSR count). The Morgan fingerprint density at radius 1 is 1.31 bits per heavy atom. The molecule has 0 heterocycles. The van der Waals surface area contributed by atoms with E-state index in [1.807, 2.05) is 20.8 Å². The predicted octanol–water partition coefficient (Wildman–Crippen LogP) is 3.04. The average Bonchev–Trinajstić information content (AvgIpc) is 1.95. The van der Waals surface area contributed by atoms with Gasteiger partial charge in [0.15, 0.2) is 0 Å². The molecule has 0 saturated heterocycles. The molecule has 1 heteroatoms. The summed E-state index contributed by atoms with van der Waals surface area (Å²) in [5.74, 6) is 6.32. The SMILES string of the molecule is CC(C)CCC#CC(=O)C(C)(C)C. The van der Waals surface area contributed by atoms with Gasteiger partial charge in [0.2, 0.25) is 5.78 Å². The van der Waals surface area contributed by atoms with E-state index in [9.17, 15) is 4.79 Å². The van der Waals surface area contributed by atoms with Gasteiger partial charge in [-0.2, -0.15) is 0 Å². The first-order valence-corrected chi connectivity index (χ1v) is 4.87. The Balaban J connectivity index is 3.91. The number of Topliss-reactive ketones (excluding diaryl/α,β-unsaturated/α-hetero) is 1. The lowest BCUT2D eigenvalue weighted by atomic mass is 9.91. The Labute approximate surface area is 81.9 Å². The molecular weight excluding hydrogens is 160 g/mol. The standard InChI is InChI=1S/C12H20O/c1-10(2)8-6-7-9-11(13)12(3,4)5/h10H,6,8H2,1-5H3. The number of hydrogen-bond donors (Lipinski definition) is 0. The molecule has 0 fully saturated rings. The molecule has 0 unspecified atom stereocenters. The van der Waals surface area contributed by atoms with E-state index < -0.39 is 0 Å². The van der Waals surface area contributed by atoms with Crippen LogP contribution in [-0.2, 0) is 4.79 Å². The highest BCUT2D eigenvalue weighted by Gasteiger charge is 2.18. The summed E-state index contributed by atoms with van der Waals surface area (Å²) >= 11 is 0. The van der Waals surface area contributed by atoms with E-state index in [2.05, 4.69) is 25.7 Å². The fourth-order valence-electron chi connectivity index (χ4n) is 0.691. The van der Waals surface area contributed by atoms with E-state index in [1.165, 1.54) is 0 Å². The Morgan fingerprint density at radius 3 is 2.23 bits per heavy atom. The van der Waals surface area contributed by atoms with Crippen molar-refractivity contribution in [2.75, 3.05) is 0 Å². The summed E-state index contributed by atoms with van der Waals surface area (Å²) < 4.78 is 0. The summed E-state index contributed by atoms with van der Waals surface area (Å²) in [5.41, 5.74) is -0.315. The van der Waals surface area contributed by atoms with Gasteiger partial charge in [-0.05, 0) is 18.3 Å². The molecular formula is C12H20O. The van der Waals surface area contributed by atoms with Gasteiger partial charge >= 0.3 is 0 Å². The van der Waals surface area contributed by atoms with E-state index in [0.29, 0.717) is 5.92 Å². The average molecular weight is 180 g/mol. The molecule has 0 aliphatic heterocycles. The quantitative estimate of drug-likeness (QED) is 0.471. The van der Waals surface area contributed by atoms with Gasteiger partial charge in [0, 0.05) is 11.8 Å². The number of rotatable bonds is 2. The van der Waals surface area contributed by atoms with Crippen molar-refractivity contribution in [3.8, 4) is 11.8 Å². The van der Waals surface area contributed by atoms with Crippen molar-refractivity contribution >= 4 is 5.78 Å². The molecule has 0 bridgehead atoms. The van der Waals surface area contributed by atoms with Crippen molar-refractivity contribution in [1.29, 1.82) is 0 Å². The highest BCUT2D eigenvalue weighted by molar-refractivity contribution is 5.99. The number of hydrogen-bond acceptors (Lipinski definition) is 1. The zero-order chi connectivity index (χ0) is 10.5. The topological polar surface area (TPSA) is 17.1 Å². The summed E-state index contributed by atoms with van der Waals surface area (Å²) in [6, 6.07) is 0. The van der Waals surface area contributed by atoms with Crippen LogP contribution in [0.3, 0.4) is 0 Å². The Morgan fingerprint density at radius 2 is 1.85 bits per heavy atom. The molecule has 0 atom stereocenters. The maximum Gasteiger partial charge on any atom is 0.210 e. The molecule has 0 amide bonds. The summed E-state index contributed by atoms with van der Waals surface area (Å²) in [5, 5.41) is 0. The van der Waals surface area contributed by atoms with E-state index in [1.54, 1.807) is 0 Å². The van der Waals surface area contributed by atoms with Gasteiger partial charge in [0.05, 0.1) is 0 Å². The first-order valence-electron chi connectivity index (χ1n) is 4.87. The molecule has 0 spiro atoms. The van der Waals surface area contributed by atoms with Gasteiger partial charge in [0.1, 0.15) is 0 Å². The second kappa shape index (κ2) is 5.07. The second-order valence-corrected chi connectivity index (χ2v) is 4.81. The molecule has 0 aromatic carbocycles. The van der Waals surface area contributed by atoms with Crippen LogP contribution in [-0.4, -0.2) is 5.78 Å². The highest BCUT2D eigenvalue weighted by atomic mass is 16.1. The van der Waals surface area contributed by atoms with Crippen molar-refractivity contribution in [3.63, 3.8) is 0 Å². The Hall–Kier alpha value is -0.770. The van der Waals surface area contributed by atoms with Gasteiger partial charge in [-0.25, -0.2) is 0 Å². The fraction of sp³-hybridized carbons (Fsp3) is 0.750. The first kappa shape index (κ1) is 12.2. The summed E-state index contributed by atoms with van der Waals surface area (Å²) in [4.78, 5) is 11.3. The van der Waals surface area contributed by atoms with Crippen LogP contribution in [0.2, 0.25) is 0 Å². The lowest BCUT2D eigenvalue weighted by Gasteiger charge is -2.10. The molecule has 0 saturated carbocycles. The van der Waals surface area contributed by atoms with Crippen molar-refractivity contribution in [1.82, 2.24) is 0 Å². The molecule has 0 aromatic heterocycles. The van der Waals surface area contributed by atoms with Crippen molar-refractivity contribution in [2.24, 2.45) is 11.3 Å². The molecule has 0 aromatic rings. The van der Waals surface area contributed by atoms with Crippen LogP contribution in [0.25, 0.3) is 0 Å². The summed E-state index contributed by atoms with van der Waals surface area (Å²) in [6.45, 7) is 10.0. The molecule has 0 N–H and O–H groups in total. The van der Waals surface area contributed by atoms with Gasteiger partial charge in [-0.15, -0.1) is 0 Å². The van der Waals surface area contributed by atoms with E-state index in [4.69, 9.17) is 0 Å². The third kappa shape index (κ3) is 6.40. The fourth-order valence-corrected chi connectivity index (χ4v) is 0.691. The van der Waals surface area contributed by atoms with Crippen LogP contribution in [0.4, 0.5) is 0 Å². The minimum Gasteiger partial charge on any atom is -0.284 e. The maximum atomic E-state index is 11.3. The molecule has 13 heavy (non-hydrogen) atoms. The zero-order valence-corrected chi connectivity index (χ0v) is 9.40. The smallest absolute Gasteiger partial charge is 0.210 e. The van der Waals surface area contributed by atoms with Crippen LogP contribution < -0.4 is 0 Å². The highest BCUT2D eigenvalue weighted by Crippen LogP contribution is 2.13. The number of ketones is 1. The van der Waals surface area contributed by atoms with Crippen molar-refractivity contribution in [3.05, 3.63) is 0 Å². The molecule has 0 aliphatic carbocycles. The molecule has 0 radical (unpaired) electrons. The normalized spacial score (nSPS) is 10.9. The number of carbonyl (C=O) groups excluding carboxylic acids is 1. The van der Waals surface area contributed by atoms with Crippen LogP contribution >= 0.6 is 0 Å². The largest absolute Gasteiger partial charge is 0.284 e. The van der Waals surface area contributed by atoms with Gasteiger partial charge in [0.25, 0.3) is 0 Å². The monoisotopic (exact) mass is 180 g/mol. The second-order valence-electron chi connectivity index (χ2n) is 4.81. The molecule has 1 nitrogen and oxygen atoms in total. The third-order valence-corrected chi connectivity index (χ3v) is 1.73. The van der Waals surface area contributed by atoms with E-state index in [-0.39, 0.29) is 11.2 Å². The van der Waals surface area contributed by atoms with Crippen molar-refractivity contribution in [2.45, 2.75) is 47.5 Å². The van der Waals surface area contributed by atoms with Gasteiger partial charge in [-0.3, -0.25) is 4.79 Å². The zero-order valence-electron chi connectivity index (χ0n) is 9.40. The summed E-state index contributed by atoms with van der Waals surface area (Å²) in [7, 11) is 0. The Kier molecular flexibility index (Phi) is 4.77. The van der Waals surface area contributed by atoms with Crippen LogP contribution in [0.1, 0.15) is 47.5 Å². The van der Waals surface area contributed by atoms with Crippen molar-refractivity contribution < 1.29 is 4.79 Å². The van der Waals surface area contributed by atoms with Crippen LogP contribution in [0, 0.1) is 23.2 Å². The minimum absolute atomic E-state index is 0.0382. The number of carbonyl (C=O) groups is 1. The maximum absolute atomic E-state index is 11.3. The van der Waals surface area contributed by atoms with Crippen LogP contribution in [0.5, 0.6) is 0 Å². The van der Waals surface area contributed by atoms with E-state index >= 15 is 0 Å². The van der Waals surface area contributed by atoms with E-state index in [0.717, 1.165) is 12.8 Å².